The first-order valence-electron chi connectivity index (χ1n) is 5.69. The van der Waals surface area contributed by atoms with Crippen LogP contribution in [0.1, 0.15) is 21.5 Å². The molecule has 2 aromatic carbocycles. The van der Waals surface area contributed by atoms with E-state index >= 15 is 0 Å². The average molecular weight is 262 g/mol. The molecule has 94 valence electrons. The molecule has 0 saturated carbocycles. The number of rotatable bonds is 4. The Morgan fingerprint density at radius 1 is 0.889 bits per heavy atom. The molecule has 3 heteroatoms. The van der Waals surface area contributed by atoms with Gasteiger partial charge < -0.3 is 5.73 Å². The molecule has 0 unspecified atom stereocenters. The highest BCUT2D eigenvalue weighted by atomic mass is 35.5. The smallest absolute Gasteiger partial charge is 0.248 e. The lowest BCUT2D eigenvalue weighted by molar-refractivity contribution is 0.0999. The molecular formula is C15H16ClNO. The molecule has 0 aliphatic carbocycles. The molecule has 0 aliphatic rings. The van der Waals surface area contributed by atoms with E-state index in [0.717, 1.165) is 18.4 Å². The third-order valence-electron chi connectivity index (χ3n) is 2.81. The molecule has 0 aliphatic heterocycles. The molecular weight excluding hydrogens is 246 g/mol. The number of carbonyl (C=O) groups is 1. The summed E-state index contributed by atoms with van der Waals surface area (Å²) in [5, 5.41) is 0. The van der Waals surface area contributed by atoms with Gasteiger partial charge in [-0.3, -0.25) is 4.79 Å². The third kappa shape index (κ3) is 3.60. The maximum absolute atomic E-state index is 11.3. The fraction of sp³-hybridized carbons (Fsp3) is 0.133. The highest BCUT2D eigenvalue weighted by Crippen LogP contribution is 2.12. The molecule has 0 fully saturated rings. The Labute approximate surface area is 113 Å². The molecule has 0 atom stereocenters. The lowest BCUT2D eigenvalue weighted by Crippen LogP contribution is -2.13. The van der Waals surface area contributed by atoms with Crippen molar-refractivity contribution >= 4 is 18.3 Å². The summed E-state index contributed by atoms with van der Waals surface area (Å²) in [4.78, 5) is 11.3. The minimum Gasteiger partial charge on any atom is -0.366 e. The summed E-state index contributed by atoms with van der Waals surface area (Å²) >= 11 is 0. The number of amides is 1. The zero-order valence-electron chi connectivity index (χ0n) is 10.0. The molecule has 2 N–H and O–H groups in total. The molecule has 0 aromatic heterocycles. The average Bonchev–Trinajstić information content (AvgIpc) is 2.38. The summed E-state index contributed by atoms with van der Waals surface area (Å²) in [6.07, 6.45) is 1.76. The van der Waals surface area contributed by atoms with Crippen molar-refractivity contribution in [1.82, 2.24) is 0 Å². The van der Waals surface area contributed by atoms with Crippen molar-refractivity contribution < 1.29 is 4.79 Å². The molecule has 1 amide bonds. The standard InChI is InChI=1S/C15H15NO.ClH/c16-15(17)14-9-5-4-8-13(14)11-10-12-6-2-1-3-7-12;/h1-9H,10-11H2,(H2,16,17);1H. The van der Waals surface area contributed by atoms with Gasteiger partial charge in [-0.1, -0.05) is 48.5 Å². The Kier molecular flexibility index (Phi) is 5.40. The van der Waals surface area contributed by atoms with Gasteiger partial charge in [-0.15, -0.1) is 12.4 Å². The minimum absolute atomic E-state index is 0. The molecule has 18 heavy (non-hydrogen) atoms. The first kappa shape index (κ1) is 14.3. The Morgan fingerprint density at radius 3 is 2.17 bits per heavy atom. The van der Waals surface area contributed by atoms with E-state index in [1.165, 1.54) is 5.56 Å². The number of hydrogen-bond acceptors (Lipinski definition) is 1. The quantitative estimate of drug-likeness (QED) is 0.903. The van der Waals surface area contributed by atoms with E-state index in [0.29, 0.717) is 5.56 Å². The van der Waals surface area contributed by atoms with Crippen LogP contribution in [0, 0.1) is 0 Å². The van der Waals surface area contributed by atoms with Crippen LogP contribution in [0.3, 0.4) is 0 Å². The van der Waals surface area contributed by atoms with Gasteiger partial charge in [-0.25, -0.2) is 0 Å². The second-order valence-electron chi connectivity index (χ2n) is 4.01. The van der Waals surface area contributed by atoms with Crippen molar-refractivity contribution in [3.8, 4) is 0 Å². The van der Waals surface area contributed by atoms with E-state index in [1.807, 2.05) is 36.4 Å². The first-order valence-corrected chi connectivity index (χ1v) is 5.69. The first-order chi connectivity index (χ1) is 8.27. The second-order valence-corrected chi connectivity index (χ2v) is 4.01. The van der Waals surface area contributed by atoms with E-state index < -0.39 is 0 Å². The van der Waals surface area contributed by atoms with Crippen molar-refractivity contribution in [3.05, 3.63) is 71.3 Å². The Bertz CT molecular complexity index is 511. The fourth-order valence-electron chi connectivity index (χ4n) is 1.90. The predicted molar refractivity (Wildman–Crippen MR) is 76.1 cm³/mol. The van der Waals surface area contributed by atoms with Crippen molar-refractivity contribution in [3.63, 3.8) is 0 Å². The van der Waals surface area contributed by atoms with Crippen LogP contribution in [0.25, 0.3) is 0 Å². The van der Waals surface area contributed by atoms with Gasteiger partial charge in [0.15, 0.2) is 0 Å². The third-order valence-corrected chi connectivity index (χ3v) is 2.81. The number of hydrogen-bond donors (Lipinski definition) is 1. The lowest BCUT2D eigenvalue weighted by atomic mass is 9.99. The van der Waals surface area contributed by atoms with E-state index in [1.54, 1.807) is 6.07 Å². The van der Waals surface area contributed by atoms with E-state index in [2.05, 4.69) is 12.1 Å². The molecule has 0 saturated heterocycles. The van der Waals surface area contributed by atoms with E-state index in [-0.39, 0.29) is 18.3 Å². The maximum Gasteiger partial charge on any atom is 0.248 e. The van der Waals surface area contributed by atoms with Gasteiger partial charge in [0.2, 0.25) is 5.91 Å². The van der Waals surface area contributed by atoms with Gasteiger partial charge in [-0.2, -0.15) is 0 Å². The zero-order valence-corrected chi connectivity index (χ0v) is 10.8. The molecule has 2 aromatic rings. The summed E-state index contributed by atoms with van der Waals surface area (Å²) < 4.78 is 0. The van der Waals surface area contributed by atoms with Gasteiger partial charge in [-0.05, 0) is 30.0 Å². The Morgan fingerprint density at radius 2 is 1.50 bits per heavy atom. The topological polar surface area (TPSA) is 43.1 Å². The highest BCUT2D eigenvalue weighted by Gasteiger charge is 2.06. The van der Waals surface area contributed by atoms with Crippen molar-refractivity contribution in [1.29, 1.82) is 0 Å². The largest absolute Gasteiger partial charge is 0.366 e. The van der Waals surface area contributed by atoms with E-state index in [9.17, 15) is 4.79 Å². The van der Waals surface area contributed by atoms with Crippen LogP contribution in [0.15, 0.2) is 54.6 Å². The zero-order chi connectivity index (χ0) is 12.1. The highest BCUT2D eigenvalue weighted by molar-refractivity contribution is 5.94. The number of carbonyl (C=O) groups excluding carboxylic acids is 1. The van der Waals surface area contributed by atoms with Crippen LogP contribution < -0.4 is 5.73 Å². The van der Waals surface area contributed by atoms with Gasteiger partial charge in [0.25, 0.3) is 0 Å². The molecule has 0 heterocycles. The van der Waals surface area contributed by atoms with Crippen LogP contribution >= 0.6 is 12.4 Å². The van der Waals surface area contributed by atoms with Crippen LogP contribution in [-0.2, 0) is 12.8 Å². The molecule has 2 nitrogen and oxygen atoms in total. The Balaban J connectivity index is 0.00000162. The fourth-order valence-corrected chi connectivity index (χ4v) is 1.90. The lowest BCUT2D eigenvalue weighted by Gasteiger charge is -2.06. The van der Waals surface area contributed by atoms with Crippen molar-refractivity contribution in [2.75, 3.05) is 0 Å². The van der Waals surface area contributed by atoms with Gasteiger partial charge in [0.1, 0.15) is 0 Å². The minimum atomic E-state index is -0.353. The summed E-state index contributed by atoms with van der Waals surface area (Å²) in [6.45, 7) is 0. The van der Waals surface area contributed by atoms with Crippen molar-refractivity contribution in [2.24, 2.45) is 5.73 Å². The SMILES string of the molecule is Cl.NC(=O)c1ccccc1CCc1ccccc1. The number of primary amides is 1. The van der Waals surface area contributed by atoms with Gasteiger partial charge in [0, 0.05) is 5.56 Å². The monoisotopic (exact) mass is 261 g/mol. The van der Waals surface area contributed by atoms with Crippen LogP contribution in [0.4, 0.5) is 0 Å². The molecule has 0 radical (unpaired) electrons. The van der Waals surface area contributed by atoms with E-state index in [4.69, 9.17) is 5.73 Å². The number of nitrogens with two attached hydrogens (primary N) is 1. The summed E-state index contributed by atoms with van der Waals surface area (Å²) in [6, 6.07) is 17.7. The van der Waals surface area contributed by atoms with Gasteiger partial charge >= 0.3 is 0 Å². The normalized spacial score (nSPS) is 9.56. The molecule has 2 rings (SSSR count). The summed E-state index contributed by atoms with van der Waals surface area (Å²) in [5.41, 5.74) is 8.26. The number of halogens is 1. The van der Waals surface area contributed by atoms with Gasteiger partial charge in [0.05, 0.1) is 0 Å². The van der Waals surface area contributed by atoms with Crippen LogP contribution in [-0.4, -0.2) is 5.91 Å². The van der Waals surface area contributed by atoms with Crippen molar-refractivity contribution in [2.45, 2.75) is 12.8 Å². The number of aryl methyl sites for hydroxylation is 2. The predicted octanol–water partition coefficient (Wildman–Crippen LogP) is 2.99. The van der Waals surface area contributed by atoms with Crippen LogP contribution in [0.5, 0.6) is 0 Å². The Hall–Kier alpha value is -1.80. The summed E-state index contributed by atoms with van der Waals surface area (Å²) in [5.74, 6) is -0.353. The summed E-state index contributed by atoms with van der Waals surface area (Å²) in [7, 11) is 0. The van der Waals surface area contributed by atoms with Crippen LogP contribution in [0.2, 0.25) is 0 Å². The molecule has 0 spiro atoms. The number of benzene rings is 2. The maximum atomic E-state index is 11.3. The molecule has 0 bridgehead atoms. The second kappa shape index (κ2) is 6.82.